The zero-order chi connectivity index (χ0) is 19.2. The fourth-order valence-corrected chi connectivity index (χ4v) is 3.47. The first-order chi connectivity index (χ1) is 12.2. The van der Waals surface area contributed by atoms with Gasteiger partial charge < -0.3 is 9.84 Å². The second kappa shape index (κ2) is 9.17. The fraction of sp³-hybridized carbons (Fsp3) is 0.619. The Morgan fingerprint density at radius 3 is 2.19 bits per heavy atom. The van der Waals surface area contributed by atoms with E-state index >= 15 is 0 Å². The van der Waals surface area contributed by atoms with Gasteiger partial charge in [0, 0.05) is 12.6 Å². The zero-order valence-electron chi connectivity index (χ0n) is 16.2. The molecule has 0 amide bonds. The van der Waals surface area contributed by atoms with Crippen LogP contribution in [0.5, 0.6) is 0 Å². The Kier molecular flexibility index (Phi) is 7.21. The number of nitrogens with zero attached hydrogens (tertiary/aromatic N) is 1. The molecule has 5 nitrogen and oxygen atoms in total. The highest BCUT2D eigenvalue weighted by Crippen LogP contribution is 2.24. The third kappa shape index (κ3) is 7.16. The molecule has 0 saturated heterocycles. The van der Waals surface area contributed by atoms with Crippen LogP contribution in [0.2, 0.25) is 0 Å². The fourth-order valence-electron chi connectivity index (χ4n) is 3.47. The number of rotatable bonds is 7. The molecule has 5 heteroatoms. The van der Waals surface area contributed by atoms with Crippen molar-refractivity contribution in [2.24, 2.45) is 0 Å². The second-order valence-electron chi connectivity index (χ2n) is 8.17. The van der Waals surface area contributed by atoms with E-state index in [1.165, 1.54) is 19.3 Å². The smallest absolute Gasteiger partial charge is 0.320 e. The van der Waals surface area contributed by atoms with Crippen molar-refractivity contribution in [3.63, 3.8) is 0 Å². The lowest BCUT2D eigenvalue weighted by Gasteiger charge is -2.34. The Balaban J connectivity index is 2.05. The van der Waals surface area contributed by atoms with Gasteiger partial charge in [0.25, 0.3) is 0 Å². The number of hydrogen-bond donors (Lipinski definition) is 1. The maximum Gasteiger partial charge on any atom is 0.320 e. The molecule has 0 aromatic heterocycles. The maximum absolute atomic E-state index is 12.3. The average Bonchev–Trinajstić information content (AvgIpc) is 2.54. The van der Waals surface area contributed by atoms with Gasteiger partial charge in [0.15, 0.2) is 0 Å². The van der Waals surface area contributed by atoms with Crippen LogP contribution in [0.4, 0.5) is 0 Å². The molecule has 1 aliphatic rings. The van der Waals surface area contributed by atoms with Crippen LogP contribution in [0.15, 0.2) is 24.3 Å². The Labute approximate surface area is 156 Å². The number of carbonyl (C=O) groups excluding carboxylic acids is 1. The Hall–Kier alpha value is -1.88. The molecular weight excluding hydrogens is 330 g/mol. The molecule has 0 bridgehead atoms. The van der Waals surface area contributed by atoms with E-state index in [2.05, 4.69) is 4.90 Å². The number of hydrogen-bond acceptors (Lipinski definition) is 4. The summed E-state index contributed by atoms with van der Waals surface area (Å²) in [6, 6.07) is 8.04. The summed E-state index contributed by atoms with van der Waals surface area (Å²) in [6.07, 6.45) is 5.92. The lowest BCUT2D eigenvalue weighted by Crippen LogP contribution is -2.41. The Morgan fingerprint density at radius 1 is 1.08 bits per heavy atom. The number of carboxylic acids is 1. The van der Waals surface area contributed by atoms with Crippen molar-refractivity contribution in [1.29, 1.82) is 0 Å². The van der Waals surface area contributed by atoms with Gasteiger partial charge in [0.2, 0.25) is 0 Å². The predicted octanol–water partition coefficient (Wildman–Crippen LogP) is 3.79. The number of carbonyl (C=O) groups is 2. The van der Waals surface area contributed by atoms with Gasteiger partial charge in [-0.3, -0.25) is 14.5 Å². The van der Waals surface area contributed by atoms with Crippen molar-refractivity contribution in [1.82, 2.24) is 4.90 Å². The van der Waals surface area contributed by atoms with Gasteiger partial charge in [-0.2, -0.15) is 0 Å². The number of aliphatic carboxylic acids is 1. The van der Waals surface area contributed by atoms with Gasteiger partial charge in [0.1, 0.15) is 5.60 Å². The first kappa shape index (κ1) is 20.4. The van der Waals surface area contributed by atoms with E-state index in [1.54, 1.807) is 0 Å². The molecule has 1 aliphatic carbocycles. The molecule has 2 rings (SSSR count). The summed E-state index contributed by atoms with van der Waals surface area (Å²) in [7, 11) is 0. The number of carboxylic acid groups (broad SMARTS) is 1. The van der Waals surface area contributed by atoms with Gasteiger partial charge in [-0.15, -0.1) is 0 Å². The van der Waals surface area contributed by atoms with Gasteiger partial charge in [-0.05, 0) is 44.7 Å². The lowest BCUT2D eigenvalue weighted by molar-refractivity contribution is -0.157. The maximum atomic E-state index is 12.3. The van der Waals surface area contributed by atoms with Crippen LogP contribution < -0.4 is 0 Å². The van der Waals surface area contributed by atoms with Crippen LogP contribution in [-0.2, 0) is 27.3 Å². The van der Waals surface area contributed by atoms with E-state index in [1.807, 2.05) is 45.0 Å². The van der Waals surface area contributed by atoms with E-state index in [9.17, 15) is 9.59 Å². The van der Waals surface area contributed by atoms with Crippen LogP contribution >= 0.6 is 0 Å². The summed E-state index contributed by atoms with van der Waals surface area (Å²) in [5.41, 5.74) is 1.40. The summed E-state index contributed by atoms with van der Waals surface area (Å²) < 4.78 is 5.51. The summed E-state index contributed by atoms with van der Waals surface area (Å²) >= 11 is 0. The normalized spacial score (nSPS) is 15.8. The summed E-state index contributed by atoms with van der Waals surface area (Å²) in [5, 5.41) is 8.88. The minimum atomic E-state index is -0.827. The summed E-state index contributed by atoms with van der Waals surface area (Å²) in [6.45, 7) is 6.63. The van der Waals surface area contributed by atoms with E-state index in [0.717, 1.165) is 24.0 Å². The zero-order valence-corrected chi connectivity index (χ0v) is 16.2. The van der Waals surface area contributed by atoms with E-state index in [4.69, 9.17) is 9.84 Å². The minimum absolute atomic E-state index is 0.0323. The SMILES string of the molecule is CC(C)(C)OC(=O)CN(Cc1ccc(CC(=O)O)cc1)C1CCCCC1. The first-order valence-corrected chi connectivity index (χ1v) is 9.48. The summed E-state index contributed by atoms with van der Waals surface area (Å²) in [4.78, 5) is 25.4. The highest BCUT2D eigenvalue weighted by atomic mass is 16.6. The molecule has 0 atom stereocenters. The molecule has 144 valence electrons. The minimum Gasteiger partial charge on any atom is -0.481 e. The van der Waals surface area contributed by atoms with Crippen molar-refractivity contribution in [3.05, 3.63) is 35.4 Å². The third-order valence-corrected chi connectivity index (χ3v) is 4.61. The average molecular weight is 361 g/mol. The topological polar surface area (TPSA) is 66.8 Å². The van der Waals surface area contributed by atoms with Crippen LogP contribution in [-0.4, -0.2) is 40.1 Å². The van der Waals surface area contributed by atoms with E-state index in [-0.39, 0.29) is 12.4 Å². The predicted molar refractivity (Wildman–Crippen MR) is 101 cm³/mol. The van der Waals surface area contributed by atoms with Crippen molar-refractivity contribution >= 4 is 11.9 Å². The van der Waals surface area contributed by atoms with E-state index in [0.29, 0.717) is 19.1 Å². The van der Waals surface area contributed by atoms with Gasteiger partial charge in [-0.25, -0.2) is 0 Å². The highest BCUT2D eigenvalue weighted by molar-refractivity contribution is 5.72. The number of esters is 1. The van der Waals surface area contributed by atoms with Gasteiger partial charge in [-0.1, -0.05) is 43.5 Å². The van der Waals surface area contributed by atoms with Gasteiger partial charge >= 0.3 is 11.9 Å². The molecule has 0 radical (unpaired) electrons. The van der Waals surface area contributed by atoms with Crippen molar-refractivity contribution in [3.8, 4) is 0 Å². The van der Waals surface area contributed by atoms with Crippen LogP contribution in [0.1, 0.15) is 64.0 Å². The van der Waals surface area contributed by atoms with Gasteiger partial charge in [0.05, 0.1) is 13.0 Å². The molecule has 1 aromatic carbocycles. The number of benzene rings is 1. The molecular formula is C21H31NO4. The standard InChI is InChI=1S/C21H31NO4/c1-21(2,3)26-20(25)15-22(18-7-5-4-6-8-18)14-17-11-9-16(10-12-17)13-19(23)24/h9-12,18H,4-8,13-15H2,1-3H3,(H,23,24). The molecule has 1 saturated carbocycles. The first-order valence-electron chi connectivity index (χ1n) is 9.48. The molecule has 1 fully saturated rings. The number of ether oxygens (including phenoxy) is 1. The molecule has 0 unspecified atom stereocenters. The van der Waals surface area contributed by atoms with Crippen molar-refractivity contribution in [2.45, 2.75) is 77.5 Å². The lowest BCUT2D eigenvalue weighted by atomic mass is 9.93. The summed E-state index contributed by atoms with van der Waals surface area (Å²) in [5.74, 6) is -1.02. The molecule has 1 aromatic rings. The Morgan fingerprint density at radius 2 is 1.65 bits per heavy atom. The molecule has 0 heterocycles. The molecule has 0 aliphatic heterocycles. The molecule has 26 heavy (non-hydrogen) atoms. The van der Waals surface area contributed by atoms with E-state index < -0.39 is 11.6 Å². The Bertz CT molecular complexity index is 597. The third-order valence-electron chi connectivity index (χ3n) is 4.61. The highest BCUT2D eigenvalue weighted by Gasteiger charge is 2.25. The van der Waals surface area contributed by atoms with Crippen LogP contribution in [0.3, 0.4) is 0 Å². The van der Waals surface area contributed by atoms with Crippen LogP contribution in [0, 0.1) is 0 Å². The molecule has 1 N–H and O–H groups in total. The largest absolute Gasteiger partial charge is 0.481 e. The van der Waals surface area contributed by atoms with Crippen LogP contribution in [0.25, 0.3) is 0 Å². The monoisotopic (exact) mass is 361 g/mol. The van der Waals surface area contributed by atoms with Crippen molar-refractivity contribution < 1.29 is 19.4 Å². The second-order valence-corrected chi connectivity index (χ2v) is 8.17. The molecule has 0 spiro atoms. The quantitative estimate of drug-likeness (QED) is 0.749. The van der Waals surface area contributed by atoms with Crippen molar-refractivity contribution in [2.75, 3.05) is 6.54 Å².